The summed E-state index contributed by atoms with van der Waals surface area (Å²) in [5.74, 6) is 1.88. The average molecular weight is 606 g/mol. The molecule has 1 heterocycles. The van der Waals surface area contributed by atoms with Crippen molar-refractivity contribution in [2.75, 3.05) is 25.3 Å². The molecule has 0 saturated carbocycles. The number of halogens is 2. The predicted molar refractivity (Wildman–Crippen MR) is 135 cm³/mol. The summed E-state index contributed by atoms with van der Waals surface area (Å²) >= 11 is 6.52. The fourth-order valence-corrected chi connectivity index (χ4v) is 5.89. The van der Waals surface area contributed by atoms with Gasteiger partial charge in [0.2, 0.25) is 9.84 Å². The van der Waals surface area contributed by atoms with Gasteiger partial charge in [0.15, 0.2) is 16.4 Å². The molecule has 0 radical (unpaired) electrons. The van der Waals surface area contributed by atoms with Crippen LogP contribution >= 0.6 is 31.9 Å². The minimum atomic E-state index is -3.72. The first kappa shape index (κ1) is 25.3. The number of fused-ring (bicyclic) bond motifs is 1. The maximum Gasteiger partial charge on any atom is 0.217 e. The molecule has 0 fully saturated rings. The van der Waals surface area contributed by atoms with Crippen molar-refractivity contribution in [3.8, 4) is 17.2 Å². The molecular weight excluding hydrogens is 580 g/mol. The Hall–Kier alpha value is -1.33. The zero-order chi connectivity index (χ0) is 23.4. The first-order valence-corrected chi connectivity index (χ1v) is 17.2. The lowest BCUT2D eigenvalue weighted by Crippen LogP contribution is -2.22. The van der Waals surface area contributed by atoms with Crippen molar-refractivity contribution < 1.29 is 27.4 Å². The number of alkyl halides is 1. The topological polar surface area (TPSA) is 71.1 Å². The van der Waals surface area contributed by atoms with Gasteiger partial charge >= 0.3 is 0 Å². The molecular formula is C22H26Br2O6SSi. The first-order chi connectivity index (χ1) is 15.1. The second kappa shape index (κ2) is 10.7. The summed E-state index contributed by atoms with van der Waals surface area (Å²) < 4.78 is 48.4. The molecule has 3 rings (SSSR count). The van der Waals surface area contributed by atoms with Gasteiger partial charge in [-0.3, -0.25) is 0 Å². The molecule has 0 saturated heterocycles. The van der Waals surface area contributed by atoms with Crippen molar-refractivity contribution in [3.05, 3.63) is 51.8 Å². The Balaban J connectivity index is 1.70. The molecule has 0 unspecified atom stereocenters. The highest BCUT2D eigenvalue weighted by Crippen LogP contribution is 2.44. The summed E-state index contributed by atoms with van der Waals surface area (Å²) in [5.41, 5.74) is 0.475. The van der Waals surface area contributed by atoms with Crippen LogP contribution in [0.4, 0.5) is 0 Å². The van der Waals surface area contributed by atoms with E-state index in [1.54, 1.807) is 36.4 Å². The molecule has 0 amide bonds. The molecule has 6 nitrogen and oxygen atoms in total. The molecule has 1 aliphatic rings. The third-order valence-corrected chi connectivity index (χ3v) is 9.84. The van der Waals surface area contributed by atoms with Crippen LogP contribution in [0.25, 0.3) is 5.76 Å². The van der Waals surface area contributed by atoms with Crippen LogP contribution in [0.2, 0.25) is 25.7 Å². The standard InChI is InChI=1S/C22H26Br2O6SSi/c1-32(2,3)13-12-27-15-29-18-8-9-19-20(14-18)31(25,26)22(24)21(19)30-17-6-4-16(5-7-17)28-11-10-23/h4-9,14H,10-13,15H2,1-3H3. The van der Waals surface area contributed by atoms with Gasteiger partial charge in [-0.05, 0) is 58.4 Å². The maximum atomic E-state index is 12.9. The number of sulfone groups is 1. The zero-order valence-corrected chi connectivity index (χ0v) is 23.2. The van der Waals surface area contributed by atoms with E-state index >= 15 is 0 Å². The van der Waals surface area contributed by atoms with E-state index in [4.69, 9.17) is 18.9 Å². The van der Waals surface area contributed by atoms with Gasteiger partial charge in [0.1, 0.15) is 17.2 Å². The summed E-state index contributed by atoms with van der Waals surface area (Å²) in [4.78, 5) is 0.135. The van der Waals surface area contributed by atoms with E-state index in [1.807, 2.05) is 0 Å². The van der Waals surface area contributed by atoms with Crippen molar-refractivity contribution in [2.45, 2.75) is 30.6 Å². The van der Waals surface area contributed by atoms with Gasteiger partial charge in [-0.1, -0.05) is 35.6 Å². The number of ether oxygens (including phenoxy) is 4. The van der Waals surface area contributed by atoms with E-state index in [0.29, 0.717) is 36.0 Å². The van der Waals surface area contributed by atoms with Gasteiger partial charge in [0.25, 0.3) is 0 Å². The van der Waals surface area contributed by atoms with Gasteiger partial charge in [-0.15, -0.1) is 0 Å². The van der Waals surface area contributed by atoms with Crippen LogP contribution in [-0.2, 0) is 14.6 Å². The molecule has 1 aliphatic heterocycles. The Morgan fingerprint density at radius 2 is 1.56 bits per heavy atom. The first-order valence-electron chi connectivity index (χ1n) is 10.1. The minimum absolute atomic E-state index is 0.0110. The highest BCUT2D eigenvalue weighted by atomic mass is 79.9. The van der Waals surface area contributed by atoms with Crippen molar-refractivity contribution in [1.82, 2.24) is 0 Å². The third-order valence-electron chi connectivity index (χ3n) is 4.60. The van der Waals surface area contributed by atoms with Crippen LogP contribution in [0.1, 0.15) is 5.56 Å². The smallest absolute Gasteiger partial charge is 0.217 e. The maximum absolute atomic E-state index is 12.9. The highest BCUT2D eigenvalue weighted by molar-refractivity contribution is 9.13. The quantitative estimate of drug-likeness (QED) is 0.135. The van der Waals surface area contributed by atoms with Crippen molar-refractivity contribution in [3.63, 3.8) is 0 Å². The minimum Gasteiger partial charge on any atom is -0.493 e. The molecule has 0 aliphatic carbocycles. The molecule has 0 bridgehead atoms. The monoisotopic (exact) mass is 604 g/mol. The van der Waals surface area contributed by atoms with E-state index in [1.165, 1.54) is 6.07 Å². The molecule has 2 aromatic rings. The lowest BCUT2D eigenvalue weighted by molar-refractivity contribution is 0.0219. The predicted octanol–water partition coefficient (Wildman–Crippen LogP) is 6.04. The van der Waals surface area contributed by atoms with Gasteiger partial charge in [-0.2, -0.15) is 0 Å². The Morgan fingerprint density at radius 3 is 2.22 bits per heavy atom. The fraction of sp³-hybridized carbons (Fsp3) is 0.364. The second-order valence-electron chi connectivity index (χ2n) is 8.36. The van der Waals surface area contributed by atoms with Crippen LogP contribution in [0.15, 0.2) is 51.2 Å². The molecule has 10 heteroatoms. The molecule has 32 heavy (non-hydrogen) atoms. The van der Waals surface area contributed by atoms with E-state index in [-0.39, 0.29) is 21.3 Å². The molecule has 0 spiro atoms. The summed E-state index contributed by atoms with van der Waals surface area (Å²) in [6, 6.07) is 12.9. The van der Waals surface area contributed by atoms with Gasteiger partial charge in [0, 0.05) is 31.6 Å². The van der Waals surface area contributed by atoms with Crippen molar-refractivity contribution >= 4 is 55.5 Å². The van der Waals surface area contributed by atoms with Crippen LogP contribution in [0, 0.1) is 0 Å². The number of hydrogen-bond donors (Lipinski definition) is 0. The van der Waals surface area contributed by atoms with Crippen molar-refractivity contribution in [2.24, 2.45) is 0 Å². The Kier molecular flexibility index (Phi) is 8.48. The SMILES string of the molecule is C[Si](C)(C)CCOCOc1ccc2c(c1)S(=O)(=O)C(Br)=C2Oc1ccc(OCCBr)cc1. The molecule has 174 valence electrons. The average Bonchev–Trinajstić information content (AvgIpc) is 2.92. The largest absolute Gasteiger partial charge is 0.493 e. The van der Waals surface area contributed by atoms with Gasteiger partial charge in [-0.25, -0.2) is 8.42 Å². The highest BCUT2D eigenvalue weighted by Gasteiger charge is 2.36. The van der Waals surface area contributed by atoms with Crippen LogP contribution in [-0.4, -0.2) is 41.8 Å². The Labute approximate surface area is 207 Å². The lowest BCUT2D eigenvalue weighted by atomic mass is 10.2. The van der Waals surface area contributed by atoms with Crippen LogP contribution in [0.3, 0.4) is 0 Å². The normalized spacial score (nSPS) is 14.9. The van der Waals surface area contributed by atoms with E-state index < -0.39 is 17.9 Å². The summed E-state index contributed by atoms with van der Waals surface area (Å²) in [6.07, 6.45) is 0. The molecule has 2 aromatic carbocycles. The molecule has 0 atom stereocenters. The summed E-state index contributed by atoms with van der Waals surface area (Å²) in [5, 5.41) is 0.732. The van der Waals surface area contributed by atoms with Crippen molar-refractivity contribution in [1.29, 1.82) is 0 Å². The summed E-state index contributed by atoms with van der Waals surface area (Å²) in [6.45, 7) is 8.09. The Morgan fingerprint density at radius 1 is 0.906 bits per heavy atom. The number of rotatable bonds is 11. The Bertz CT molecular complexity index is 1080. The summed E-state index contributed by atoms with van der Waals surface area (Å²) in [7, 11) is -4.89. The van der Waals surface area contributed by atoms with E-state index in [0.717, 1.165) is 11.4 Å². The third kappa shape index (κ3) is 6.38. The zero-order valence-electron chi connectivity index (χ0n) is 18.2. The fourth-order valence-electron chi connectivity index (χ4n) is 2.85. The second-order valence-corrected chi connectivity index (χ2v) is 17.9. The molecule has 0 aromatic heterocycles. The lowest BCUT2D eigenvalue weighted by Gasteiger charge is -2.15. The van der Waals surface area contributed by atoms with Gasteiger partial charge in [0.05, 0.1) is 11.5 Å². The van der Waals surface area contributed by atoms with Crippen LogP contribution in [0.5, 0.6) is 17.2 Å². The van der Waals surface area contributed by atoms with E-state index in [2.05, 4.69) is 51.5 Å². The molecule has 0 N–H and O–H groups in total. The number of hydrogen-bond acceptors (Lipinski definition) is 6. The number of benzene rings is 2. The van der Waals surface area contributed by atoms with Gasteiger partial charge < -0.3 is 18.9 Å². The van der Waals surface area contributed by atoms with Crippen LogP contribution < -0.4 is 14.2 Å². The van der Waals surface area contributed by atoms with E-state index in [9.17, 15) is 8.42 Å².